The molecule has 0 unspecified atom stereocenters. The molecule has 0 saturated heterocycles. The fraction of sp³-hybridized carbons (Fsp3) is 0.500. The third-order valence-corrected chi connectivity index (χ3v) is 4.99. The van der Waals surface area contributed by atoms with Gasteiger partial charge in [0.2, 0.25) is 5.91 Å². The second kappa shape index (κ2) is 9.12. The van der Waals surface area contributed by atoms with Crippen LogP contribution in [-0.4, -0.2) is 50.5 Å². The lowest BCUT2D eigenvalue weighted by atomic mass is 9.64. The quantitative estimate of drug-likeness (QED) is 0.423. The van der Waals surface area contributed by atoms with E-state index in [9.17, 15) is 18.0 Å². The SMILES string of the molecule is C=CCNC(=NCC(=O)N(C)C)NCC1(c2cccc(C(F)(F)F)c2)CCC1. The number of guanidine groups is 1. The largest absolute Gasteiger partial charge is 0.416 e. The maximum atomic E-state index is 13.1. The molecular weight excluding hydrogens is 369 g/mol. The normalized spacial score (nSPS) is 16.1. The van der Waals surface area contributed by atoms with Gasteiger partial charge in [-0.05, 0) is 24.5 Å². The van der Waals surface area contributed by atoms with E-state index in [1.54, 1.807) is 26.2 Å². The van der Waals surface area contributed by atoms with E-state index in [0.717, 1.165) is 25.3 Å². The third kappa shape index (κ3) is 5.50. The van der Waals surface area contributed by atoms with Gasteiger partial charge in [-0.25, -0.2) is 4.99 Å². The minimum atomic E-state index is -4.36. The molecule has 0 heterocycles. The van der Waals surface area contributed by atoms with Crippen LogP contribution in [0.5, 0.6) is 0 Å². The maximum absolute atomic E-state index is 13.1. The Hall–Kier alpha value is -2.51. The molecule has 1 fully saturated rings. The van der Waals surface area contributed by atoms with E-state index in [0.29, 0.717) is 24.6 Å². The number of halogens is 3. The number of nitrogens with zero attached hydrogens (tertiary/aromatic N) is 2. The first-order chi connectivity index (χ1) is 13.2. The molecule has 0 spiro atoms. The zero-order chi connectivity index (χ0) is 20.8. The second-order valence-electron chi connectivity index (χ2n) is 7.19. The average Bonchev–Trinajstić information content (AvgIpc) is 2.61. The molecule has 0 atom stereocenters. The van der Waals surface area contributed by atoms with E-state index in [4.69, 9.17) is 0 Å². The molecule has 2 N–H and O–H groups in total. The molecule has 2 rings (SSSR count). The van der Waals surface area contributed by atoms with Crippen LogP contribution in [0.3, 0.4) is 0 Å². The van der Waals surface area contributed by atoms with Crippen LogP contribution in [0.15, 0.2) is 41.9 Å². The van der Waals surface area contributed by atoms with Gasteiger partial charge in [0.1, 0.15) is 6.54 Å². The molecule has 1 aliphatic carbocycles. The fourth-order valence-electron chi connectivity index (χ4n) is 3.08. The molecule has 5 nitrogen and oxygen atoms in total. The number of alkyl halides is 3. The Morgan fingerprint density at radius 3 is 2.57 bits per heavy atom. The zero-order valence-corrected chi connectivity index (χ0v) is 16.3. The van der Waals surface area contributed by atoms with Gasteiger partial charge in [-0.3, -0.25) is 4.79 Å². The van der Waals surface area contributed by atoms with Gasteiger partial charge in [0.25, 0.3) is 0 Å². The van der Waals surface area contributed by atoms with Gasteiger partial charge < -0.3 is 15.5 Å². The van der Waals surface area contributed by atoms with Crippen molar-refractivity contribution in [3.05, 3.63) is 48.0 Å². The minimum Gasteiger partial charge on any atom is -0.355 e. The lowest BCUT2D eigenvalue weighted by molar-refractivity contribution is -0.137. The van der Waals surface area contributed by atoms with E-state index in [-0.39, 0.29) is 17.9 Å². The minimum absolute atomic E-state index is 0.0178. The molecule has 1 aromatic carbocycles. The maximum Gasteiger partial charge on any atom is 0.416 e. The molecule has 0 aliphatic heterocycles. The van der Waals surface area contributed by atoms with Gasteiger partial charge in [0.05, 0.1) is 5.56 Å². The van der Waals surface area contributed by atoms with Crippen LogP contribution in [0.1, 0.15) is 30.4 Å². The smallest absolute Gasteiger partial charge is 0.355 e. The summed E-state index contributed by atoms with van der Waals surface area (Å²) in [4.78, 5) is 17.5. The Labute approximate surface area is 163 Å². The highest BCUT2D eigenvalue weighted by Gasteiger charge is 2.40. The fourth-order valence-corrected chi connectivity index (χ4v) is 3.08. The molecule has 1 aromatic rings. The summed E-state index contributed by atoms with van der Waals surface area (Å²) in [6, 6.07) is 5.54. The molecule has 28 heavy (non-hydrogen) atoms. The number of amides is 1. The van der Waals surface area contributed by atoms with Gasteiger partial charge >= 0.3 is 6.18 Å². The summed E-state index contributed by atoms with van der Waals surface area (Å²) < 4.78 is 39.2. The van der Waals surface area contributed by atoms with Gasteiger partial charge in [-0.15, -0.1) is 6.58 Å². The van der Waals surface area contributed by atoms with Crippen LogP contribution in [0.2, 0.25) is 0 Å². The van der Waals surface area contributed by atoms with Gasteiger partial charge in [0.15, 0.2) is 5.96 Å². The van der Waals surface area contributed by atoms with Crippen LogP contribution < -0.4 is 10.6 Å². The molecule has 8 heteroatoms. The lowest BCUT2D eigenvalue weighted by Gasteiger charge is -2.43. The summed E-state index contributed by atoms with van der Waals surface area (Å²) in [6.45, 7) is 4.52. The Kier molecular flexibility index (Phi) is 7.10. The Bertz CT molecular complexity index is 724. The van der Waals surface area contributed by atoms with Crippen molar-refractivity contribution in [3.63, 3.8) is 0 Å². The van der Waals surface area contributed by atoms with Crippen molar-refractivity contribution in [2.24, 2.45) is 4.99 Å². The van der Waals surface area contributed by atoms with E-state index in [2.05, 4.69) is 22.2 Å². The van der Waals surface area contributed by atoms with Crippen LogP contribution in [0, 0.1) is 0 Å². The van der Waals surface area contributed by atoms with Crippen LogP contribution in [0.25, 0.3) is 0 Å². The number of nitrogens with one attached hydrogen (secondary N) is 2. The molecule has 0 radical (unpaired) electrons. The number of aliphatic imine (C=N–C) groups is 1. The van der Waals surface area contributed by atoms with Crippen molar-refractivity contribution in [1.29, 1.82) is 0 Å². The van der Waals surface area contributed by atoms with E-state index >= 15 is 0 Å². The summed E-state index contributed by atoms with van der Waals surface area (Å²) >= 11 is 0. The van der Waals surface area contributed by atoms with Crippen molar-refractivity contribution >= 4 is 11.9 Å². The highest BCUT2D eigenvalue weighted by Crippen LogP contribution is 2.44. The third-order valence-electron chi connectivity index (χ3n) is 4.99. The summed E-state index contributed by atoms with van der Waals surface area (Å²) in [7, 11) is 3.30. The molecule has 0 bridgehead atoms. The average molecular weight is 396 g/mol. The molecule has 1 aliphatic rings. The number of benzene rings is 1. The molecule has 1 saturated carbocycles. The van der Waals surface area contributed by atoms with Crippen LogP contribution >= 0.6 is 0 Å². The summed E-state index contributed by atoms with van der Waals surface area (Å²) in [5, 5.41) is 6.23. The number of rotatable bonds is 7. The number of likely N-dealkylation sites (N-methyl/N-ethyl adjacent to an activating group) is 1. The van der Waals surface area contributed by atoms with E-state index in [1.165, 1.54) is 17.0 Å². The standard InChI is InChI=1S/C20H27F3N4O/c1-4-11-24-18(25-13-17(28)27(2)3)26-14-19(9-6-10-19)15-7-5-8-16(12-15)20(21,22)23/h4-5,7-8,12H,1,6,9-11,13-14H2,2-3H3,(H2,24,25,26). The van der Waals surface area contributed by atoms with Crippen molar-refractivity contribution in [2.75, 3.05) is 33.7 Å². The van der Waals surface area contributed by atoms with Crippen LogP contribution in [-0.2, 0) is 16.4 Å². The highest BCUT2D eigenvalue weighted by molar-refractivity contribution is 5.84. The predicted molar refractivity (Wildman–Crippen MR) is 104 cm³/mol. The first-order valence-corrected chi connectivity index (χ1v) is 9.19. The van der Waals surface area contributed by atoms with Crippen LogP contribution in [0.4, 0.5) is 13.2 Å². The molecule has 1 amide bonds. The van der Waals surface area contributed by atoms with Crippen molar-refractivity contribution in [2.45, 2.75) is 30.9 Å². The van der Waals surface area contributed by atoms with Crippen molar-refractivity contribution < 1.29 is 18.0 Å². The molecule has 0 aromatic heterocycles. The molecule has 154 valence electrons. The predicted octanol–water partition coefficient (Wildman–Crippen LogP) is 2.94. The molecular formula is C20H27F3N4O. The van der Waals surface area contributed by atoms with Gasteiger partial charge in [-0.1, -0.05) is 30.7 Å². The lowest BCUT2D eigenvalue weighted by Crippen LogP contribution is -2.49. The highest BCUT2D eigenvalue weighted by atomic mass is 19.4. The van der Waals surface area contributed by atoms with E-state index in [1.807, 2.05) is 0 Å². The summed E-state index contributed by atoms with van der Waals surface area (Å²) in [6.07, 6.45) is -0.140. The summed E-state index contributed by atoms with van der Waals surface area (Å²) in [5.41, 5.74) is -0.330. The second-order valence-corrected chi connectivity index (χ2v) is 7.19. The first-order valence-electron chi connectivity index (χ1n) is 9.19. The van der Waals surface area contributed by atoms with Crippen molar-refractivity contribution in [3.8, 4) is 0 Å². The monoisotopic (exact) mass is 396 g/mol. The number of carbonyl (C=O) groups is 1. The van der Waals surface area contributed by atoms with Crippen molar-refractivity contribution in [1.82, 2.24) is 15.5 Å². The Balaban J connectivity index is 2.14. The number of carbonyl (C=O) groups excluding carboxylic acids is 1. The number of hydrogen-bond acceptors (Lipinski definition) is 2. The topological polar surface area (TPSA) is 56.7 Å². The Morgan fingerprint density at radius 2 is 2.04 bits per heavy atom. The Morgan fingerprint density at radius 1 is 1.32 bits per heavy atom. The zero-order valence-electron chi connectivity index (χ0n) is 16.3. The van der Waals surface area contributed by atoms with Gasteiger partial charge in [0, 0.05) is 32.6 Å². The van der Waals surface area contributed by atoms with Gasteiger partial charge in [-0.2, -0.15) is 13.2 Å². The number of hydrogen-bond donors (Lipinski definition) is 2. The first kappa shape index (κ1) is 21.8. The van der Waals surface area contributed by atoms with E-state index < -0.39 is 11.7 Å². The summed E-state index contributed by atoms with van der Waals surface area (Å²) in [5.74, 6) is 0.296.